The molecule has 1 fully saturated rings. The molecule has 0 saturated carbocycles. The van der Waals surface area contributed by atoms with Gasteiger partial charge in [-0.15, -0.1) is 0 Å². The molecule has 138 valence electrons. The molecule has 0 unspecified atom stereocenters. The third kappa shape index (κ3) is 4.24. The van der Waals surface area contributed by atoms with Crippen LogP contribution in [0.2, 0.25) is 10.0 Å². The highest BCUT2D eigenvalue weighted by molar-refractivity contribution is 6.31. The molecule has 1 aliphatic heterocycles. The Balaban J connectivity index is 1.80. The van der Waals surface area contributed by atoms with Crippen molar-refractivity contribution in [2.24, 2.45) is 0 Å². The summed E-state index contributed by atoms with van der Waals surface area (Å²) in [6, 6.07) is 15.3. The molecule has 0 amide bonds. The lowest BCUT2D eigenvalue weighted by Gasteiger charge is -2.22. The smallest absolute Gasteiger partial charge is 0.147 e. The predicted molar refractivity (Wildman–Crippen MR) is 111 cm³/mol. The van der Waals surface area contributed by atoms with E-state index in [9.17, 15) is 0 Å². The number of aromatic nitrogens is 2. The molecule has 1 saturated heterocycles. The van der Waals surface area contributed by atoms with Crippen molar-refractivity contribution in [2.45, 2.75) is 6.42 Å². The number of anilines is 1. The van der Waals surface area contributed by atoms with Crippen LogP contribution < -0.4 is 4.90 Å². The first kappa shape index (κ1) is 18.2. The van der Waals surface area contributed by atoms with E-state index >= 15 is 0 Å². The van der Waals surface area contributed by atoms with Crippen molar-refractivity contribution in [3.63, 3.8) is 0 Å². The zero-order valence-corrected chi connectivity index (χ0v) is 16.2. The minimum Gasteiger partial charge on any atom is -0.380 e. The second-order valence-electron chi connectivity index (χ2n) is 6.39. The molecule has 0 aliphatic carbocycles. The summed E-state index contributed by atoms with van der Waals surface area (Å²) in [4.78, 5) is 12.0. The van der Waals surface area contributed by atoms with Gasteiger partial charge in [-0.2, -0.15) is 0 Å². The molecule has 4 rings (SSSR count). The zero-order chi connectivity index (χ0) is 18.6. The number of nitrogens with zero attached hydrogens (tertiary/aromatic N) is 3. The molecule has 2 heterocycles. The van der Waals surface area contributed by atoms with Gasteiger partial charge in [0.2, 0.25) is 0 Å². The standard InChI is InChI=1S/C21H19Cl2N3O/c22-17-6-2-15(3-7-17)20-21(16-4-8-18(23)9-5-16)25-19(14-24-20)26-10-1-12-27-13-11-26/h2-9,14H,1,10-13H2. The summed E-state index contributed by atoms with van der Waals surface area (Å²) >= 11 is 12.1. The largest absolute Gasteiger partial charge is 0.380 e. The van der Waals surface area contributed by atoms with Gasteiger partial charge in [-0.05, 0) is 30.7 Å². The monoisotopic (exact) mass is 399 g/mol. The Morgan fingerprint density at radius 2 is 1.41 bits per heavy atom. The van der Waals surface area contributed by atoms with Crippen LogP contribution in [0.15, 0.2) is 54.7 Å². The topological polar surface area (TPSA) is 38.2 Å². The van der Waals surface area contributed by atoms with Crippen molar-refractivity contribution in [1.29, 1.82) is 0 Å². The molecule has 3 aromatic rings. The van der Waals surface area contributed by atoms with Crippen LogP contribution >= 0.6 is 23.2 Å². The lowest BCUT2D eigenvalue weighted by Crippen LogP contribution is -2.27. The minimum atomic E-state index is 0.695. The molecule has 2 aromatic carbocycles. The van der Waals surface area contributed by atoms with E-state index < -0.39 is 0 Å². The first-order valence-electron chi connectivity index (χ1n) is 8.92. The highest BCUT2D eigenvalue weighted by atomic mass is 35.5. The van der Waals surface area contributed by atoms with Crippen LogP contribution in [-0.4, -0.2) is 36.3 Å². The van der Waals surface area contributed by atoms with Crippen molar-refractivity contribution in [3.8, 4) is 22.5 Å². The van der Waals surface area contributed by atoms with Crippen LogP contribution in [0.5, 0.6) is 0 Å². The fourth-order valence-electron chi connectivity index (χ4n) is 3.14. The van der Waals surface area contributed by atoms with Crippen LogP contribution in [0.1, 0.15) is 6.42 Å². The molecule has 4 nitrogen and oxygen atoms in total. The number of halogens is 2. The lowest BCUT2D eigenvalue weighted by atomic mass is 10.0. The molecule has 1 aromatic heterocycles. The molecule has 0 spiro atoms. The highest BCUT2D eigenvalue weighted by Crippen LogP contribution is 2.32. The average Bonchev–Trinajstić information content (AvgIpc) is 2.98. The SMILES string of the molecule is Clc1ccc(-c2ncc(N3CCCOCC3)nc2-c2ccc(Cl)cc2)cc1. The van der Waals surface area contributed by atoms with E-state index in [2.05, 4.69) is 4.90 Å². The Morgan fingerprint density at radius 1 is 0.778 bits per heavy atom. The van der Waals surface area contributed by atoms with Crippen molar-refractivity contribution in [1.82, 2.24) is 9.97 Å². The van der Waals surface area contributed by atoms with Crippen molar-refractivity contribution in [2.75, 3.05) is 31.2 Å². The van der Waals surface area contributed by atoms with Crippen LogP contribution in [0, 0.1) is 0 Å². The number of hydrogen-bond donors (Lipinski definition) is 0. The van der Waals surface area contributed by atoms with Crippen molar-refractivity contribution < 1.29 is 4.74 Å². The number of benzene rings is 2. The van der Waals surface area contributed by atoms with Crippen LogP contribution in [-0.2, 0) is 4.74 Å². The summed E-state index contributed by atoms with van der Waals surface area (Å²) in [6.07, 6.45) is 2.82. The second kappa shape index (κ2) is 8.26. The van der Waals surface area contributed by atoms with Gasteiger partial charge in [0.05, 0.1) is 24.2 Å². The van der Waals surface area contributed by atoms with Gasteiger partial charge in [-0.1, -0.05) is 47.5 Å². The first-order chi connectivity index (χ1) is 13.2. The highest BCUT2D eigenvalue weighted by Gasteiger charge is 2.17. The van der Waals surface area contributed by atoms with Crippen molar-refractivity contribution >= 4 is 29.0 Å². The van der Waals surface area contributed by atoms with E-state index in [0.717, 1.165) is 54.4 Å². The molecule has 0 atom stereocenters. The van der Waals surface area contributed by atoms with Gasteiger partial charge in [0.15, 0.2) is 0 Å². The molecule has 27 heavy (non-hydrogen) atoms. The van der Waals surface area contributed by atoms with E-state index in [1.165, 1.54) is 0 Å². The Labute approximate surface area is 168 Å². The zero-order valence-electron chi connectivity index (χ0n) is 14.7. The summed E-state index contributed by atoms with van der Waals surface area (Å²) in [6.45, 7) is 3.22. The van der Waals surface area contributed by atoms with Gasteiger partial charge in [0.25, 0.3) is 0 Å². The maximum Gasteiger partial charge on any atom is 0.147 e. The first-order valence-corrected chi connectivity index (χ1v) is 9.68. The van der Waals surface area contributed by atoms with Crippen LogP contribution in [0.3, 0.4) is 0 Å². The number of rotatable bonds is 3. The fraction of sp³-hybridized carbons (Fsp3) is 0.238. The van der Waals surface area contributed by atoms with Crippen LogP contribution in [0.25, 0.3) is 22.5 Å². The minimum absolute atomic E-state index is 0.695. The average molecular weight is 400 g/mol. The third-order valence-corrected chi connectivity index (χ3v) is 5.05. The predicted octanol–water partition coefficient (Wildman–Crippen LogP) is 5.34. The van der Waals surface area contributed by atoms with Gasteiger partial charge in [0, 0.05) is 40.9 Å². The summed E-state index contributed by atoms with van der Waals surface area (Å²) in [5.41, 5.74) is 3.60. The summed E-state index contributed by atoms with van der Waals surface area (Å²) in [5.74, 6) is 0.864. The van der Waals surface area contributed by atoms with Gasteiger partial charge < -0.3 is 9.64 Å². The quantitative estimate of drug-likeness (QED) is 0.595. The molecular weight excluding hydrogens is 381 g/mol. The molecule has 0 N–H and O–H groups in total. The van der Waals surface area contributed by atoms with E-state index in [1.807, 2.05) is 54.7 Å². The van der Waals surface area contributed by atoms with Gasteiger partial charge in [-0.3, -0.25) is 4.98 Å². The lowest BCUT2D eigenvalue weighted by molar-refractivity contribution is 0.152. The normalized spacial score (nSPS) is 14.8. The molecular formula is C21H19Cl2N3O. The van der Waals surface area contributed by atoms with Gasteiger partial charge >= 0.3 is 0 Å². The number of ether oxygens (including phenoxy) is 1. The maximum absolute atomic E-state index is 6.07. The van der Waals surface area contributed by atoms with Gasteiger partial charge in [0.1, 0.15) is 5.82 Å². The fourth-order valence-corrected chi connectivity index (χ4v) is 3.39. The summed E-state index contributed by atoms with van der Waals surface area (Å²) < 4.78 is 5.56. The molecule has 0 radical (unpaired) electrons. The van der Waals surface area contributed by atoms with E-state index in [1.54, 1.807) is 0 Å². The van der Waals surface area contributed by atoms with Crippen molar-refractivity contribution in [3.05, 3.63) is 64.8 Å². The Bertz CT molecular complexity index is 906. The van der Waals surface area contributed by atoms with Gasteiger partial charge in [-0.25, -0.2) is 4.98 Å². The van der Waals surface area contributed by atoms with Crippen LogP contribution in [0.4, 0.5) is 5.82 Å². The summed E-state index contributed by atoms with van der Waals surface area (Å²) in [7, 11) is 0. The molecule has 6 heteroatoms. The third-order valence-electron chi connectivity index (χ3n) is 4.54. The Hall–Kier alpha value is -2.14. The Kier molecular flexibility index (Phi) is 5.58. The van der Waals surface area contributed by atoms with E-state index in [0.29, 0.717) is 16.7 Å². The molecule has 0 bridgehead atoms. The summed E-state index contributed by atoms with van der Waals surface area (Å²) in [5, 5.41) is 1.39. The van der Waals surface area contributed by atoms with E-state index in [-0.39, 0.29) is 0 Å². The molecule has 1 aliphatic rings. The van der Waals surface area contributed by atoms with E-state index in [4.69, 9.17) is 37.9 Å². The Morgan fingerprint density at radius 3 is 2.07 bits per heavy atom. The maximum atomic E-state index is 6.07. The number of hydrogen-bond acceptors (Lipinski definition) is 4. The second-order valence-corrected chi connectivity index (χ2v) is 7.27.